The summed E-state index contributed by atoms with van der Waals surface area (Å²) in [6.07, 6.45) is 1.55. The average Bonchev–Trinajstić information content (AvgIpc) is 2.63. The Balaban J connectivity index is 2.96. The van der Waals surface area contributed by atoms with Gasteiger partial charge in [0.25, 0.3) is 5.91 Å². The van der Waals surface area contributed by atoms with Crippen LogP contribution in [-0.2, 0) is 16.6 Å². The molecule has 100 valence electrons. The molecule has 0 aliphatic rings. The fourth-order valence-corrected chi connectivity index (χ4v) is 1.50. The molecule has 1 heterocycles. The lowest BCUT2D eigenvalue weighted by atomic mass is 10.2. The average molecular weight is 254 g/mol. The normalized spacial score (nSPS) is 10.5. The molecule has 0 atom stereocenters. The van der Waals surface area contributed by atoms with Gasteiger partial charge in [0.05, 0.1) is 12.8 Å². The standard InChI is InChI=1S/C11H18N4O3/c1-7(2)15(6-9(16)18-4)11(17)10-8(12)5-14(3)13-10/h5,7H,6,12H2,1-4H3. The topological polar surface area (TPSA) is 90.5 Å². The molecule has 0 spiro atoms. The number of nitrogens with two attached hydrogens (primary N) is 1. The van der Waals surface area contributed by atoms with E-state index >= 15 is 0 Å². The Bertz CT molecular complexity index is 453. The van der Waals surface area contributed by atoms with Crippen LogP contribution in [0.2, 0.25) is 0 Å². The van der Waals surface area contributed by atoms with E-state index in [-0.39, 0.29) is 29.9 Å². The molecule has 7 nitrogen and oxygen atoms in total. The number of amides is 1. The van der Waals surface area contributed by atoms with Crippen molar-refractivity contribution in [3.63, 3.8) is 0 Å². The Labute approximate surface area is 105 Å². The monoisotopic (exact) mass is 254 g/mol. The van der Waals surface area contributed by atoms with E-state index in [0.717, 1.165) is 0 Å². The zero-order chi connectivity index (χ0) is 13.9. The first-order valence-corrected chi connectivity index (χ1v) is 5.53. The molecule has 0 aliphatic heterocycles. The van der Waals surface area contributed by atoms with Gasteiger partial charge in [-0.1, -0.05) is 0 Å². The van der Waals surface area contributed by atoms with E-state index in [2.05, 4.69) is 9.84 Å². The molecule has 0 saturated heterocycles. The highest BCUT2D eigenvalue weighted by atomic mass is 16.5. The van der Waals surface area contributed by atoms with Gasteiger partial charge in [-0.2, -0.15) is 5.10 Å². The smallest absolute Gasteiger partial charge is 0.325 e. The third-order valence-corrected chi connectivity index (χ3v) is 2.47. The second kappa shape index (κ2) is 5.52. The zero-order valence-corrected chi connectivity index (χ0v) is 11.0. The molecule has 0 fully saturated rings. The van der Waals surface area contributed by atoms with E-state index in [1.54, 1.807) is 27.1 Å². The van der Waals surface area contributed by atoms with Gasteiger partial charge in [-0.05, 0) is 13.8 Å². The van der Waals surface area contributed by atoms with Crippen LogP contribution in [0.5, 0.6) is 0 Å². The molecule has 0 saturated carbocycles. The summed E-state index contributed by atoms with van der Waals surface area (Å²) in [5, 5.41) is 3.99. The van der Waals surface area contributed by atoms with Crippen LogP contribution in [0.3, 0.4) is 0 Å². The van der Waals surface area contributed by atoms with Gasteiger partial charge < -0.3 is 15.4 Å². The van der Waals surface area contributed by atoms with Crippen molar-refractivity contribution in [3.05, 3.63) is 11.9 Å². The summed E-state index contributed by atoms with van der Waals surface area (Å²) in [5.41, 5.74) is 6.13. The number of nitrogens with zero attached hydrogens (tertiary/aromatic N) is 3. The first-order chi connectivity index (χ1) is 8.36. The zero-order valence-electron chi connectivity index (χ0n) is 11.0. The number of esters is 1. The molecule has 0 radical (unpaired) electrons. The van der Waals surface area contributed by atoms with Gasteiger partial charge in [0.1, 0.15) is 6.54 Å². The number of methoxy groups -OCH3 is 1. The fourth-order valence-electron chi connectivity index (χ4n) is 1.50. The summed E-state index contributed by atoms with van der Waals surface area (Å²) in [6.45, 7) is 3.49. The van der Waals surface area contributed by atoms with Gasteiger partial charge in [0.2, 0.25) is 0 Å². The fraction of sp³-hybridized carbons (Fsp3) is 0.545. The maximum Gasteiger partial charge on any atom is 0.325 e. The molecule has 0 bridgehead atoms. The Morgan fingerprint density at radius 3 is 2.56 bits per heavy atom. The van der Waals surface area contributed by atoms with E-state index in [9.17, 15) is 9.59 Å². The molecule has 18 heavy (non-hydrogen) atoms. The van der Waals surface area contributed by atoms with Crippen LogP contribution in [-0.4, -0.2) is 46.3 Å². The van der Waals surface area contributed by atoms with Crippen molar-refractivity contribution in [2.75, 3.05) is 19.4 Å². The molecule has 2 N–H and O–H groups in total. The molecular weight excluding hydrogens is 236 g/mol. The number of aromatic nitrogens is 2. The molecule has 0 aliphatic carbocycles. The van der Waals surface area contributed by atoms with Crippen LogP contribution in [0.25, 0.3) is 0 Å². The minimum Gasteiger partial charge on any atom is -0.468 e. The molecule has 0 aromatic carbocycles. The van der Waals surface area contributed by atoms with Gasteiger partial charge in [0, 0.05) is 19.3 Å². The quantitative estimate of drug-likeness (QED) is 0.765. The van der Waals surface area contributed by atoms with Gasteiger partial charge in [0.15, 0.2) is 5.69 Å². The number of carbonyl (C=O) groups excluding carboxylic acids is 2. The minimum absolute atomic E-state index is 0.122. The van der Waals surface area contributed by atoms with Crippen LogP contribution >= 0.6 is 0 Å². The van der Waals surface area contributed by atoms with Crippen molar-refractivity contribution in [1.82, 2.24) is 14.7 Å². The lowest BCUT2D eigenvalue weighted by molar-refractivity contribution is -0.141. The Morgan fingerprint density at radius 1 is 1.56 bits per heavy atom. The highest BCUT2D eigenvalue weighted by Gasteiger charge is 2.25. The molecule has 1 rings (SSSR count). The highest BCUT2D eigenvalue weighted by Crippen LogP contribution is 2.13. The second-order valence-corrected chi connectivity index (χ2v) is 4.21. The van der Waals surface area contributed by atoms with Crippen LogP contribution in [0.4, 0.5) is 5.69 Å². The summed E-state index contributed by atoms with van der Waals surface area (Å²) >= 11 is 0. The predicted octanol–water partition coefficient (Wildman–Crippen LogP) is 0.0259. The van der Waals surface area contributed by atoms with E-state index in [1.807, 2.05) is 0 Å². The number of hydrogen-bond donors (Lipinski definition) is 1. The number of hydrogen-bond acceptors (Lipinski definition) is 5. The van der Waals surface area contributed by atoms with Crippen molar-refractivity contribution in [2.45, 2.75) is 19.9 Å². The summed E-state index contributed by atoms with van der Waals surface area (Å²) < 4.78 is 6.02. The van der Waals surface area contributed by atoms with Crippen LogP contribution < -0.4 is 5.73 Å². The third kappa shape index (κ3) is 2.99. The van der Waals surface area contributed by atoms with Crippen LogP contribution in [0.15, 0.2) is 6.20 Å². The Morgan fingerprint density at radius 2 is 2.17 bits per heavy atom. The van der Waals surface area contributed by atoms with E-state index < -0.39 is 5.97 Å². The summed E-state index contributed by atoms with van der Waals surface area (Å²) in [6, 6.07) is -0.155. The molecule has 1 amide bonds. The minimum atomic E-state index is -0.480. The number of ether oxygens (including phenoxy) is 1. The van der Waals surface area contributed by atoms with Crippen molar-refractivity contribution >= 4 is 17.6 Å². The Hall–Kier alpha value is -2.05. The van der Waals surface area contributed by atoms with Crippen molar-refractivity contribution < 1.29 is 14.3 Å². The summed E-state index contributed by atoms with van der Waals surface area (Å²) in [7, 11) is 2.95. The SMILES string of the molecule is COC(=O)CN(C(=O)c1nn(C)cc1N)C(C)C. The van der Waals surface area contributed by atoms with Gasteiger partial charge in [-0.15, -0.1) is 0 Å². The van der Waals surface area contributed by atoms with Gasteiger partial charge in [-0.25, -0.2) is 0 Å². The highest BCUT2D eigenvalue weighted by molar-refractivity contribution is 5.98. The summed E-state index contributed by atoms with van der Waals surface area (Å²) in [4.78, 5) is 24.9. The molecule has 7 heteroatoms. The van der Waals surface area contributed by atoms with E-state index in [4.69, 9.17) is 5.73 Å². The number of aryl methyl sites for hydroxylation is 1. The number of rotatable bonds is 4. The van der Waals surface area contributed by atoms with Crippen molar-refractivity contribution in [1.29, 1.82) is 0 Å². The maximum absolute atomic E-state index is 12.2. The molecule has 0 unspecified atom stereocenters. The predicted molar refractivity (Wildman–Crippen MR) is 65.8 cm³/mol. The van der Waals surface area contributed by atoms with Crippen molar-refractivity contribution in [2.24, 2.45) is 7.05 Å². The maximum atomic E-state index is 12.2. The van der Waals surface area contributed by atoms with Crippen molar-refractivity contribution in [3.8, 4) is 0 Å². The van der Waals surface area contributed by atoms with Crippen LogP contribution in [0.1, 0.15) is 24.3 Å². The third-order valence-electron chi connectivity index (χ3n) is 2.47. The second-order valence-electron chi connectivity index (χ2n) is 4.21. The van der Waals surface area contributed by atoms with E-state index in [1.165, 1.54) is 16.7 Å². The Kier molecular flexibility index (Phi) is 4.30. The van der Waals surface area contributed by atoms with Gasteiger partial charge in [-0.3, -0.25) is 14.3 Å². The lowest BCUT2D eigenvalue weighted by Gasteiger charge is -2.24. The largest absolute Gasteiger partial charge is 0.468 e. The number of anilines is 1. The number of carbonyl (C=O) groups is 2. The number of nitrogen functional groups attached to an aromatic ring is 1. The van der Waals surface area contributed by atoms with Gasteiger partial charge >= 0.3 is 5.97 Å². The summed E-state index contributed by atoms with van der Waals surface area (Å²) in [5.74, 6) is -0.861. The first-order valence-electron chi connectivity index (χ1n) is 5.53. The van der Waals surface area contributed by atoms with Crippen LogP contribution in [0, 0.1) is 0 Å². The molecule has 1 aromatic rings. The van der Waals surface area contributed by atoms with E-state index in [0.29, 0.717) is 0 Å². The lowest BCUT2D eigenvalue weighted by Crippen LogP contribution is -2.41. The first kappa shape index (κ1) is 14.0. The molecular formula is C11H18N4O3. The molecule has 1 aromatic heterocycles.